The van der Waals surface area contributed by atoms with E-state index in [0.29, 0.717) is 12.8 Å². The molecule has 1 unspecified atom stereocenters. The molecule has 2 aromatic rings. The van der Waals surface area contributed by atoms with Gasteiger partial charge >= 0.3 is 0 Å². The van der Waals surface area contributed by atoms with Crippen LogP contribution in [0.4, 0.5) is 0 Å². The van der Waals surface area contributed by atoms with Crippen molar-refractivity contribution < 1.29 is 27.2 Å². The topological polar surface area (TPSA) is 139 Å². The van der Waals surface area contributed by atoms with Gasteiger partial charge in [0.15, 0.2) is 16.6 Å². The van der Waals surface area contributed by atoms with Crippen LogP contribution in [0.2, 0.25) is 0 Å². The van der Waals surface area contributed by atoms with Gasteiger partial charge in [-0.3, -0.25) is 14.4 Å². The van der Waals surface area contributed by atoms with Gasteiger partial charge < -0.3 is 15.1 Å². The molecule has 0 radical (unpaired) electrons. The smallest absolute Gasteiger partial charge is 0.287 e. The highest BCUT2D eigenvalue weighted by Gasteiger charge is 2.35. The number of amides is 2. The van der Waals surface area contributed by atoms with Crippen molar-refractivity contribution in [1.29, 1.82) is 0 Å². The van der Waals surface area contributed by atoms with Crippen molar-refractivity contribution in [3.63, 3.8) is 0 Å². The summed E-state index contributed by atoms with van der Waals surface area (Å²) in [5.41, 5.74) is 0. The Kier molecular flexibility index (Phi) is 7.98. The van der Waals surface area contributed by atoms with Crippen LogP contribution in [-0.4, -0.2) is 60.5 Å². The monoisotopic (exact) mass is 476 g/mol. The summed E-state index contributed by atoms with van der Waals surface area (Å²) in [5.74, 6) is -1.56. The third-order valence-corrected chi connectivity index (χ3v) is 7.47. The Hall–Kier alpha value is -3.05. The Balaban J connectivity index is 1.69. The fourth-order valence-electron chi connectivity index (χ4n) is 3.57. The van der Waals surface area contributed by atoms with Gasteiger partial charge in [0.05, 0.1) is 18.8 Å². The predicted molar refractivity (Wildman–Crippen MR) is 119 cm³/mol. The third-order valence-electron chi connectivity index (χ3n) is 5.71. The number of Topliss-reactive ketones (excluding diaryl/α,β-unsaturated/α-hetero) is 1. The zero-order valence-electron chi connectivity index (χ0n) is 18.6. The molecule has 2 N–H and O–H groups in total. The fraction of sp³-hybridized carbons (Fsp3) is 0.455. The van der Waals surface area contributed by atoms with Gasteiger partial charge in [-0.05, 0) is 43.0 Å². The minimum absolute atomic E-state index is 0.0806. The van der Waals surface area contributed by atoms with Crippen molar-refractivity contribution in [2.45, 2.75) is 50.2 Å². The first-order valence-corrected chi connectivity index (χ1v) is 12.3. The van der Waals surface area contributed by atoms with Gasteiger partial charge in [0.25, 0.3) is 15.9 Å². The summed E-state index contributed by atoms with van der Waals surface area (Å²) in [5, 5.41) is 5.26. The summed E-state index contributed by atoms with van der Waals surface area (Å²) >= 11 is 0. The quantitative estimate of drug-likeness (QED) is 0.586. The van der Waals surface area contributed by atoms with Crippen LogP contribution in [-0.2, 0) is 19.6 Å². The Morgan fingerprint density at radius 3 is 2.70 bits per heavy atom. The second-order valence-electron chi connectivity index (χ2n) is 7.99. The second kappa shape index (κ2) is 10.7. The van der Waals surface area contributed by atoms with Crippen molar-refractivity contribution in [2.24, 2.45) is 5.92 Å². The molecule has 33 heavy (non-hydrogen) atoms. The summed E-state index contributed by atoms with van der Waals surface area (Å²) < 4.78 is 31.9. The van der Waals surface area contributed by atoms with Crippen molar-refractivity contribution in [1.82, 2.24) is 19.9 Å². The van der Waals surface area contributed by atoms with Gasteiger partial charge in [0, 0.05) is 12.7 Å². The fourth-order valence-corrected chi connectivity index (χ4v) is 4.94. The molecule has 0 bridgehead atoms. The van der Waals surface area contributed by atoms with Crippen LogP contribution >= 0.6 is 0 Å². The lowest BCUT2D eigenvalue weighted by atomic mass is 9.97. The highest BCUT2D eigenvalue weighted by atomic mass is 32.2. The van der Waals surface area contributed by atoms with Crippen molar-refractivity contribution in [3.8, 4) is 0 Å². The first-order valence-electron chi connectivity index (χ1n) is 10.8. The molecule has 3 rings (SSSR count). The molecule has 1 saturated heterocycles. The molecule has 2 amide bonds. The molecular weight excluding hydrogens is 448 g/mol. The summed E-state index contributed by atoms with van der Waals surface area (Å²) in [6.45, 7) is 3.49. The van der Waals surface area contributed by atoms with Crippen LogP contribution in [0.15, 0.2) is 52.2 Å². The molecule has 1 aliphatic heterocycles. The van der Waals surface area contributed by atoms with Gasteiger partial charge in [-0.2, -0.15) is 4.31 Å². The number of pyridine rings is 1. The zero-order chi connectivity index (χ0) is 24.0. The number of hydrogen-bond acceptors (Lipinski definition) is 7. The molecule has 0 spiro atoms. The molecule has 2 aromatic heterocycles. The molecule has 0 aromatic carbocycles. The highest BCUT2D eigenvalue weighted by Crippen LogP contribution is 2.18. The molecule has 0 aliphatic carbocycles. The minimum atomic E-state index is -3.92. The van der Waals surface area contributed by atoms with Gasteiger partial charge in [0.1, 0.15) is 6.04 Å². The summed E-state index contributed by atoms with van der Waals surface area (Å²) in [6.07, 6.45) is 4.03. The van der Waals surface area contributed by atoms with E-state index < -0.39 is 39.7 Å². The molecule has 178 valence electrons. The average molecular weight is 477 g/mol. The van der Waals surface area contributed by atoms with E-state index in [2.05, 4.69) is 15.6 Å². The summed E-state index contributed by atoms with van der Waals surface area (Å²) in [6, 6.07) is 5.88. The standard InChI is InChI=1S/C22H28N4O6S/c1-3-15(2)20(25-21(28)18-9-7-13-32-18)22(29)24-16-8-6-12-26(14-17(16)27)33(30,31)19-10-4-5-11-23-19/h4-5,7,9-11,13,15-16,20H,3,6,8,12,14H2,1-2H3,(H,24,29)(H,25,28)/t15-,16?,20+/m1/s1. The Labute approximate surface area is 192 Å². The zero-order valence-corrected chi connectivity index (χ0v) is 19.4. The number of aromatic nitrogens is 1. The number of sulfonamides is 1. The minimum Gasteiger partial charge on any atom is -0.459 e. The van der Waals surface area contributed by atoms with E-state index >= 15 is 0 Å². The van der Waals surface area contributed by atoms with Crippen LogP contribution in [0, 0.1) is 5.92 Å². The molecular formula is C22H28N4O6S. The van der Waals surface area contributed by atoms with Crippen LogP contribution in [0.1, 0.15) is 43.7 Å². The highest BCUT2D eigenvalue weighted by molar-refractivity contribution is 7.89. The largest absolute Gasteiger partial charge is 0.459 e. The number of carbonyl (C=O) groups is 3. The molecule has 1 aliphatic rings. The SMILES string of the molecule is CC[C@@H](C)[C@H](NC(=O)c1ccco1)C(=O)NC1CCCN(S(=O)(=O)c2ccccn2)CC1=O. The molecule has 3 atom stereocenters. The van der Waals surface area contributed by atoms with Crippen LogP contribution < -0.4 is 10.6 Å². The van der Waals surface area contributed by atoms with E-state index in [-0.39, 0.29) is 36.2 Å². The normalized spacial score (nSPS) is 19.3. The lowest BCUT2D eigenvalue weighted by molar-refractivity contribution is -0.129. The molecule has 10 nitrogen and oxygen atoms in total. The number of nitrogens with zero attached hydrogens (tertiary/aromatic N) is 2. The molecule has 11 heteroatoms. The second-order valence-corrected chi connectivity index (χ2v) is 9.88. The number of rotatable bonds is 8. The molecule has 3 heterocycles. The van der Waals surface area contributed by atoms with Gasteiger partial charge in [-0.15, -0.1) is 0 Å². The lowest BCUT2D eigenvalue weighted by Gasteiger charge is -2.25. The Bertz CT molecular complexity index is 1070. The first-order chi connectivity index (χ1) is 15.7. The van der Waals surface area contributed by atoms with Crippen LogP contribution in [0.25, 0.3) is 0 Å². The summed E-state index contributed by atoms with van der Waals surface area (Å²) in [4.78, 5) is 42.2. The predicted octanol–water partition coefficient (Wildman–Crippen LogP) is 1.36. The van der Waals surface area contributed by atoms with Crippen molar-refractivity contribution in [2.75, 3.05) is 13.1 Å². The Morgan fingerprint density at radius 2 is 2.06 bits per heavy atom. The lowest BCUT2D eigenvalue weighted by Crippen LogP contribution is -2.54. The van der Waals surface area contributed by atoms with Gasteiger partial charge in [-0.25, -0.2) is 13.4 Å². The van der Waals surface area contributed by atoms with Crippen LogP contribution in [0.3, 0.4) is 0 Å². The molecule has 0 saturated carbocycles. The van der Waals surface area contributed by atoms with E-state index in [9.17, 15) is 22.8 Å². The maximum absolute atomic E-state index is 13.0. The van der Waals surface area contributed by atoms with E-state index in [1.165, 1.54) is 24.6 Å². The Morgan fingerprint density at radius 1 is 1.27 bits per heavy atom. The van der Waals surface area contributed by atoms with Crippen LogP contribution in [0.5, 0.6) is 0 Å². The average Bonchev–Trinajstić information content (AvgIpc) is 3.29. The number of ketones is 1. The number of furan rings is 1. The van der Waals surface area contributed by atoms with E-state index in [1.807, 2.05) is 13.8 Å². The van der Waals surface area contributed by atoms with E-state index in [1.54, 1.807) is 18.2 Å². The number of hydrogen-bond donors (Lipinski definition) is 2. The summed E-state index contributed by atoms with van der Waals surface area (Å²) in [7, 11) is -3.92. The van der Waals surface area contributed by atoms with Crippen molar-refractivity contribution >= 4 is 27.6 Å². The number of nitrogens with one attached hydrogen (secondary N) is 2. The first kappa shape index (κ1) is 24.6. The van der Waals surface area contributed by atoms with E-state index in [4.69, 9.17) is 4.42 Å². The molecule has 1 fully saturated rings. The number of carbonyl (C=O) groups excluding carboxylic acids is 3. The maximum Gasteiger partial charge on any atom is 0.287 e. The van der Waals surface area contributed by atoms with E-state index in [0.717, 1.165) is 4.31 Å². The van der Waals surface area contributed by atoms with Crippen molar-refractivity contribution in [3.05, 3.63) is 48.6 Å². The van der Waals surface area contributed by atoms with Gasteiger partial charge in [0.2, 0.25) is 5.91 Å². The van der Waals surface area contributed by atoms with Gasteiger partial charge in [-0.1, -0.05) is 26.3 Å². The maximum atomic E-state index is 13.0. The third kappa shape index (κ3) is 5.85.